The zero-order chi connectivity index (χ0) is 33.7. The maximum Gasteiger partial charge on any atom is 0.410 e. The number of halogens is 3. The first-order chi connectivity index (χ1) is 22.3. The third-order valence-corrected chi connectivity index (χ3v) is 10.2. The number of amides is 2. The van der Waals surface area contributed by atoms with E-state index in [1.54, 1.807) is 25.7 Å². The highest BCUT2D eigenvalue weighted by atomic mass is 35.5. The van der Waals surface area contributed by atoms with E-state index in [1.807, 2.05) is 23.1 Å². The van der Waals surface area contributed by atoms with Crippen molar-refractivity contribution in [1.29, 1.82) is 5.26 Å². The predicted octanol–water partition coefficient (Wildman–Crippen LogP) is 5.77. The molecule has 10 nitrogen and oxygen atoms in total. The second kappa shape index (κ2) is 12.6. The van der Waals surface area contributed by atoms with E-state index < -0.39 is 41.1 Å². The summed E-state index contributed by atoms with van der Waals surface area (Å²) in [4.78, 5) is 39.5. The second-order valence-corrected chi connectivity index (χ2v) is 14.2. The van der Waals surface area contributed by atoms with Crippen LogP contribution in [-0.2, 0) is 27.8 Å². The SMILES string of the molecule is C=C(F)C(=O)N1CCN(c2nc(OC[C@@H]3CCN3C(=O)OC(C)(C)C)nc3c2CC[C@@]2(CCc4c(Cl)cccc42)[C@H]3F)C[C@@H]1CC#N. The molecule has 250 valence electrons. The van der Waals surface area contributed by atoms with Gasteiger partial charge in [-0.1, -0.05) is 30.3 Å². The molecule has 2 aromatic rings. The Kier molecular flexibility index (Phi) is 8.81. The minimum Gasteiger partial charge on any atom is -0.461 e. The summed E-state index contributed by atoms with van der Waals surface area (Å²) in [5.41, 5.74) is 1.32. The second-order valence-electron chi connectivity index (χ2n) is 13.8. The summed E-state index contributed by atoms with van der Waals surface area (Å²) in [6.45, 7) is 9.78. The van der Waals surface area contributed by atoms with Gasteiger partial charge in [-0.05, 0) is 70.1 Å². The first kappa shape index (κ1) is 32.9. The zero-order valence-electron chi connectivity index (χ0n) is 26.9. The van der Waals surface area contributed by atoms with Gasteiger partial charge in [-0.25, -0.2) is 13.6 Å². The molecule has 3 heterocycles. The van der Waals surface area contributed by atoms with Crippen LogP contribution in [0, 0.1) is 11.3 Å². The van der Waals surface area contributed by atoms with Crippen molar-refractivity contribution >= 4 is 29.4 Å². The van der Waals surface area contributed by atoms with Gasteiger partial charge < -0.3 is 24.2 Å². The molecule has 0 unspecified atom stereocenters. The number of alkyl halides is 1. The highest BCUT2D eigenvalue weighted by molar-refractivity contribution is 6.31. The average Bonchev–Trinajstić information content (AvgIpc) is 3.37. The maximum absolute atomic E-state index is 17.1. The predicted molar refractivity (Wildman–Crippen MR) is 171 cm³/mol. The number of benzene rings is 1. The number of likely N-dealkylation sites (tertiary alicyclic amines) is 1. The summed E-state index contributed by atoms with van der Waals surface area (Å²) in [6, 6.07) is 6.83. The molecule has 1 spiro atoms. The van der Waals surface area contributed by atoms with Crippen LogP contribution in [0.3, 0.4) is 0 Å². The van der Waals surface area contributed by atoms with Gasteiger partial charge in [0, 0.05) is 42.2 Å². The molecule has 2 aliphatic carbocycles. The third kappa shape index (κ3) is 6.10. The number of piperazine rings is 1. The lowest BCUT2D eigenvalue weighted by atomic mass is 9.68. The monoisotopic (exact) mass is 668 g/mol. The number of hydrogen-bond acceptors (Lipinski definition) is 8. The lowest BCUT2D eigenvalue weighted by Gasteiger charge is -2.43. The summed E-state index contributed by atoms with van der Waals surface area (Å²) in [6.07, 6.45) is 1.06. The number of anilines is 1. The van der Waals surface area contributed by atoms with Gasteiger partial charge >= 0.3 is 12.1 Å². The van der Waals surface area contributed by atoms with Crippen LogP contribution in [0.1, 0.15) is 75.0 Å². The standard InChI is InChI=1S/C34H39ClF2N6O4/c1-20(36)30(44)42-17-16-41(18-21(42)10-14-38)29-24-9-13-34(12-8-23-25(34)6-5-7-26(23)35)28(37)27(24)39-31(40-29)46-19-22-11-15-43(22)32(45)47-33(2,3)4/h5-7,21-22,28H,1,8-13,15-19H2,2-4H3/t21-,22-,28-,34+/m0/s1. The van der Waals surface area contributed by atoms with Crippen molar-refractivity contribution in [1.82, 2.24) is 19.8 Å². The molecule has 0 saturated carbocycles. The molecule has 2 saturated heterocycles. The molecule has 13 heteroatoms. The molecule has 2 amide bonds. The molecule has 4 aliphatic rings. The minimum absolute atomic E-state index is 0.0220. The maximum atomic E-state index is 17.1. The van der Waals surface area contributed by atoms with E-state index in [1.165, 1.54) is 4.90 Å². The number of ether oxygens (including phenoxy) is 2. The minimum atomic E-state index is -1.47. The molecular formula is C34H39ClF2N6O4. The average molecular weight is 669 g/mol. The van der Waals surface area contributed by atoms with Gasteiger partial charge in [0.2, 0.25) is 0 Å². The molecule has 0 bridgehead atoms. The van der Waals surface area contributed by atoms with Gasteiger partial charge in [0.05, 0.1) is 30.3 Å². The molecule has 2 aliphatic heterocycles. The lowest BCUT2D eigenvalue weighted by Crippen LogP contribution is -2.56. The fourth-order valence-electron chi connectivity index (χ4n) is 7.36. The Morgan fingerprint density at radius 1 is 1.13 bits per heavy atom. The molecule has 1 aromatic heterocycles. The van der Waals surface area contributed by atoms with E-state index >= 15 is 4.39 Å². The summed E-state index contributed by atoms with van der Waals surface area (Å²) in [5.74, 6) is -1.47. The molecule has 1 aromatic carbocycles. The number of fused-ring (bicyclic) bond motifs is 3. The molecule has 2 fully saturated rings. The molecule has 47 heavy (non-hydrogen) atoms. The molecule has 0 radical (unpaired) electrons. The van der Waals surface area contributed by atoms with Crippen molar-refractivity contribution in [3.8, 4) is 12.1 Å². The van der Waals surface area contributed by atoms with Crippen LogP contribution < -0.4 is 9.64 Å². The smallest absolute Gasteiger partial charge is 0.410 e. The number of nitrogens with zero attached hydrogens (tertiary/aromatic N) is 6. The first-order valence-corrected chi connectivity index (χ1v) is 16.4. The van der Waals surface area contributed by atoms with E-state index in [0.29, 0.717) is 55.1 Å². The van der Waals surface area contributed by atoms with E-state index in [2.05, 4.69) is 17.6 Å². The Labute approximate surface area is 278 Å². The van der Waals surface area contributed by atoms with Gasteiger partial charge in [0.15, 0.2) is 12.0 Å². The van der Waals surface area contributed by atoms with E-state index in [0.717, 1.165) is 11.1 Å². The van der Waals surface area contributed by atoms with Crippen molar-refractivity contribution < 1.29 is 27.8 Å². The summed E-state index contributed by atoms with van der Waals surface area (Å²) >= 11 is 6.53. The van der Waals surface area contributed by atoms with E-state index in [9.17, 15) is 19.2 Å². The van der Waals surface area contributed by atoms with Crippen LogP contribution in [0.2, 0.25) is 5.02 Å². The van der Waals surface area contributed by atoms with Crippen molar-refractivity contribution in [2.75, 3.05) is 37.7 Å². The van der Waals surface area contributed by atoms with Crippen molar-refractivity contribution in [3.05, 3.63) is 58.0 Å². The Hall–Kier alpha value is -3.98. The number of rotatable bonds is 6. The normalized spacial score (nSPS) is 25.0. The summed E-state index contributed by atoms with van der Waals surface area (Å²) < 4.78 is 42.6. The largest absolute Gasteiger partial charge is 0.461 e. The van der Waals surface area contributed by atoms with Crippen LogP contribution in [0.15, 0.2) is 30.6 Å². The number of carbonyl (C=O) groups excluding carboxylic acids is 2. The first-order valence-electron chi connectivity index (χ1n) is 16.1. The van der Waals surface area contributed by atoms with Crippen LogP contribution in [0.4, 0.5) is 19.4 Å². The number of aromatic nitrogens is 2. The third-order valence-electron chi connectivity index (χ3n) is 9.80. The zero-order valence-corrected chi connectivity index (χ0v) is 27.7. The van der Waals surface area contributed by atoms with E-state index in [-0.39, 0.29) is 50.4 Å². The lowest BCUT2D eigenvalue weighted by molar-refractivity contribution is -0.131. The fraction of sp³-hybridized carbons (Fsp3) is 0.559. The number of carbonyl (C=O) groups is 2. The Balaban J connectivity index is 1.33. The summed E-state index contributed by atoms with van der Waals surface area (Å²) in [5, 5.41) is 10.1. The molecular weight excluding hydrogens is 630 g/mol. The van der Waals surface area contributed by atoms with Gasteiger partial charge in [-0.15, -0.1) is 0 Å². The Morgan fingerprint density at radius 2 is 1.87 bits per heavy atom. The quantitative estimate of drug-likeness (QED) is 0.357. The molecule has 4 atom stereocenters. The van der Waals surface area contributed by atoms with Crippen LogP contribution in [-0.4, -0.2) is 82.2 Å². The Bertz CT molecular complexity index is 1640. The van der Waals surface area contributed by atoms with Gasteiger partial charge in [0.1, 0.15) is 18.0 Å². The van der Waals surface area contributed by atoms with Gasteiger partial charge in [-0.2, -0.15) is 15.2 Å². The fourth-order valence-corrected chi connectivity index (χ4v) is 7.63. The van der Waals surface area contributed by atoms with Crippen molar-refractivity contribution in [3.63, 3.8) is 0 Å². The highest BCUT2D eigenvalue weighted by Gasteiger charge is 2.51. The van der Waals surface area contributed by atoms with Gasteiger partial charge in [0.25, 0.3) is 5.91 Å². The van der Waals surface area contributed by atoms with Crippen LogP contribution in [0.5, 0.6) is 6.01 Å². The number of hydrogen-bond donors (Lipinski definition) is 0. The van der Waals surface area contributed by atoms with Crippen molar-refractivity contribution in [2.24, 2.45) is 0 Å². The van der Waals surface area contributed by atoms with Crippen LogP contribution >= 0.6 is 11.6 Å². The van der Waals surface area contributed by atoms with Crippen molar-refractivity contribution in [2.45, 2.75) is 88.6 Å². The highest BCUT2D eigenvalue weighted by Crippen LogP contribution is 2.56. The topological polar surface area (TPSA) is 112 Å². The van der Waals surface area contributed by atoms with Gasteiger partial charge in [-0.3, -0.25) is 4.79 Å². The number of nitriles is 1. The Morgan fingerprint density at radius 3 is 2.53 bits per heavy atom. The van der Waals surface area contributed by atoms with E-state index in [4.69, 9.17) is 26.1 Å². The molecule has 0 N–H and O–H groups in total. The van der Waals surface area contributed by atoms with Crippen LogP contribution in [0.25, 0.3) is 0 Å². The summed E-state index contributed by atoms with van der Waals surface area (Å²) in [7, 11) is 0. The molecule has 6 rings (SSSR count).